The van der Waals surface area contributed by atoms with E-state index in [1.807, 2.05) is 54.7 Å². The van der Waals surface area contributed by atoms with Gasteiger partial charge in [0.2, 0.25) is 11.8 Å². The average Bonchev–Trinajstić information content (AvgIpc) is 3.39. The van der Waals surface area contributed by atoms with Crippen LogP contribution in [-0.4, -0.2) is 22.8 Å². The van der Waals surface area contributed by atoms with Crippen LogP contribution in [0.1, 0.15) is 18.2 Å². The number of aromatic nitrogens is 1. The van der Waals surface area contributed by atoms with E-state index in [1.165, 1.54) is 6.92 Å². The summed E-state index contributed by atoms with van der Waals surface area (Å²) in [7, 11) is 0. The Hall–Kier alpha value is -3.51. The summed E-state index contributed by atoms with van der Waals surface area (Å²) < 4.78 is 5.83. The molecule has 2 heterocycles. The van der Waals surface area contributed by atoms with Crippen LogP contribution in [0.4, 0.5) is 0 Å². The average molecular weight is 436 g/mol. The number of nitrogens with one attached hydrogen (secondary N) is 3. The van der Waals surface area contributed by atoms with Crippen molar-refractivity contribution in [2.75, 3.05) is 0 Å². The van der Waals surface area contributed by atoms with E-state index in [4.69, 9.17) is 16.0 Å². The number of hydrogen-bond donors (Lipinski definition) is 3. The van der Waals surface area contributed by atoms with Crippen molar-refractivity contribution < 1.29 is 14.0 Å². The number of carbonyl (C=O) groups excluding carboxylic acids is 2. The molecule has 0 saturated carbocycles. The van der Waals surface area contributed by atoms with E-state index in [0.29, 0.717) is 23.0 Å². The van der Waals surface area contributed by atoms with Crippen molar-refractivity contribution in [2.24, 2.45) is 0 Å². The molecule has 0 fully saturated rings. The highest BCUT2D eigenvalue weighted by Gasteiger charge is 2.21. The van der Waals surface area contributed by atoms with Crippen molar-refractivity contribution in [1.82, 2.24) is 15.6 Å². The summed E-state index contributed by atoms with van der Waals surface area (Å²) in [4.78, 5) is 27.7. The Bertz CT molecular complexity index is 1210. The maximum Gasteiger partial charge on any atom is 0.243 e. The van der Waals surface area contributed by atoms with Crippen LogP contribution in [0.5, 0.6) is 0 Å². The Morgan fingerprint density at radius 1 is 1.06 bits per heavy atom. The van der Waals surface area contributed by atoms with Gasteiger partial charge in [0.15, 0.2) is 0 Å². The van der Waals surface area contributed by atoms with E-state index >= 15 is 0 Å². The van der Waals surface area contributed by atoms with Crippen molar-refractivity contribution in [1.29, 1.82) is 0 Å². The van der Waals surface area contributed by atoms with Gasteiger partial charge in [0.25, 0.3) is 0 Å². The van der Waals surface area contributed by atoms with Gasteiger partial charge in [-0.2, -0.15) is 0 Å². The molecule has 0 aliphatic carbocycles. The molecule has 7 heteroatoms. The Balaban J connectivity index is 1.43. The van der Waals surface area contributed by atoms with Crippen LogP contribution in [0.25, 0.3) is 22.2 Å². The van der Waals surface area contributed by atoms with Crippen LogP contribution in [0.2, 0.25) is 5.02 Å². The van der Waals surface area contributed by atoms with Crippen LogP contribution in [0, 0.1) is 0 Å². The molecule has 1 atom stereocenters. The first-order valence-electron chi connectivity index (χ1n) is 9.94. The van der Waals surface area contributed by atoms with E-state index < -0.39 is 6.04 Å². The predicted octanol–water partition coefficient (Wildman–Crippen LogP) is 4.44. The quantitative estimate of drug-likeness (QED) is 0.401. The summed E-state index contributed by atoms with van der Waals surface area (Å²) in [5.74, 6) is 0.776. The van der Waals surface area contributed by atoms with E-state index in [0.717, 1.165) is 22.0 Å². The molecule has 0 aliphatic rings. The number of para-hydroxylation sites is 1. The van der Waals surface area contributed by atoms with Crippen LogP contribution < -0.4 is 10.6 Å². The third-order valence-corrected chi connectivity index (χ3v) is 5.27. The lowest BCUT2D eigenvalue weighted by molar-refractivity contribution is -0.128. The van der Waals surface area contributed by atoms with Gasteiger partial charge >= 0.3 is 0 Å². The van der Waals surface area contributed by atoms with E-state index in [1.54, 1.807) is 12.1 Å². The molecule has 31 heavy (non-hydrogen) atoms. The lowest BCUT2D eigenvalue weighted by atomic mass is 10.0. The first-order valence-corrected chi connectivity index (χ1v) is 10.3. The zero-order chi connectivity index (χ0) is 21.8. The number of furan rings is 1. The summed E-state index contributed by atoms with van der Waals surface area (Å²) >= 11 is 5.93. The van der Waals surface area contributed by atoms with Gasteiger partial charge in [-0.1, -0.05) is 29.8 Å². The molecule has 0 bridgehead atoms. The van der Waals surface area contributed by atoms with Gasteiger partial charge in [-0.15, -0.1) is 0 Å². The molecule has 2 amide bonds. The van der Waals surface area contributed by atoms with Gasteiger partial charge < -0.3 is 20.0 Å². The minimum atomic E-state index is -0.692. The second-order valence-corrected chi connectivity index (χ2v) is 7.74. The summed E-state index contributed by atoms with van der Waals surface area (Å²) in [6.45, 7) is 1.62. The van der Waals surface area contributed by atoms with Crippen LogP contribution in [0.15, 0.2) is 71.3 Å². The molecule has 4 aromatic rings. The molecule has 3 N–H and O–H groups in total. The van der Waals surface area contributed by atoms with Crippen LogP contribution in [-0.2, 0) is 22.6 Å². The molecular formula is C24H22ClN3O3. The number of aromatic amines is 1. The number of hydrogen-bond acceptors (Lipinski definition) is 3. The molecular weight excluding hydrogens is 414 g/mol. The Labute approximate surface area is 184 Å². The standard InChI is InChI=1S/C24H22ClN3O3/c1-15(29)28-22(12-17-13-26-21-5-3-2-4-20(17)21)24(30)27-14-19-10-11-23(31-19)16-6-8-18(25)9-7-16/h2-11,13,22,26H,12,14H2,1H3,(H,27,30)(H,28,29)/t22-/m1/s1. The van der Waals surface area contributed by atoms with E-state index in [2.05, 4.69) is 15.6 Å². The predicted molar refractivity (Wildman–Crippen MR) is 121 cm³/mol. The minimum Gasteiger partial charge on any atom is -0.459 e. The molecule has 158 valence electrons. The summed E-state index contributed by atoms with van der Waals surface area (Å²) in [6.07, 6.45) is 2.25. The molecule has 2 aromatic heterocycles. The van der Waals surface area contributed by atoms with Gasteiger partial charge in [0.1, 0.15) is 17.6 Å². The highest BCUT2D eigenvalue weighted by Crippen LogP contribution is 2.24. The first kappa shape index (κ1) is 20.8. The Morgan fingerprint density at radius 2 is 1.84 bits per heavy atom. The third kappa shape index (κ3) is 4.98. The van der Waals surface area contributed by atoms with Crippen LogP contribution in [0.3, 0.4) is 0 Å². The second-order valence-electron chi connectivity index (χ2n) is 7.31. The molecule has 0 radical (unpaired) electrons. The van der Waals surface area contributed by atoms with Crippen molar-refractivity contribution >= 4 is 34.3 Å². The van der Waals surface area contributed by atoms with Gasteiger partial charge in [0.05, 0.1) is 6.54 Å². The fourth-order valence-electron chi connectivity index (χ4n) is 3.51. The number of amides is 2. The Kier molecular flexibility index (Phi) is 6.09. The molecule has 2 aromatic carbocycles. The fraction of sp³-hybridized carbons (Fsp3) is 0.167. The molecule has 4 rings (SSSR count). The summed E-state index contributed by atoms with van der Waals surface area (Å²) in [6, 6.07) is 18.2. The van der Waals surface area contributed by atoms with Crippen molar-refractivity contribution in [3.05, 3.63) is 83.2 Å². The fourth-order valence-corrected chi connectivity index (χ4v) is 3.64. The van der Waals surface area contributed by atoms with Gasteiger partial charge in [0, 0.05) is 41.0 Å². The number of halogens is 1. The van der Waals surface area contributed by atoms with Gasteiger partial charge in [-0.25, -0.2) is 0 Å². The largest absolute Gasteiger partial charge is 0.459 e. The minimum absolute atomic E-state index is 0.219. The monoisotopic (exact) mass is 435 g/mol. The maximum atomic E-state index is 12.8. The first-order chi connectivity index (χ1) is 15.0. The van der Waals surface area contributed by atoms with Crippen molar-refractivity contribution in [3.63, 3.8) is 0 Å². The zero-order valence-corrected chi connectivity index (χ0v) is 17.7. The summed E-state index contributed by atoms with van der Waals surface area (Å²) in [5.41, 5.74) is 2.86. The van der Waals surface area contributed by atoms with E-state index in [-0.39, 0.29) is 18.4 Å². The molecule has 6 nitrogen and oxygen atoms in total. The number of fused-ring (bicyclic) bond motifs is 1. The molecule has 0 spiro atoms. The molecule has 0 saturated heterocycles. The maximum absolute atomic E-state index is 12.8. The van der Waals surface area contributed by atoms with Gasteiger partial charge in [-0.3, -0.25) is 9.59 Å². The number of benzene rings is 2. The van der Waals surface area contributed by atoms with Gasteiger partial charge in [-0.05, 0) is 48.0 Å². The summed E-state index contributed by atoms with van der Waals surface area (Å²) in [5, 5.41) is 7.29. The topological polar surface area (TPSA) is 87.1 Å². The smallest absolute Gasteiger partial charge is 0.243 e. The third-order valence-electron chi connectivity index (χ3n) is 5.02. The Morgan fingerprint density at radius 3 is 2.61 bits per heavy atom. The highest BCUT2D eigenvalue weighted by atomic mass is 35.5. The van der Waals surface area contributed by atoms with E-state index in [9.17, 15) is 9.59 Å². The SMILES string of the molecule is CC(=O)N[C@H](Cc1c[nH]c2ccccc12)C(=O)NCc1ccc(-c2ccc(Cl)cc2)o1. The highest BCUT2D eigenvalue weighted by molar-refractivity contribution is 6.30. The molecule has 0 aliphatic heterocycles. The number of carbonyl (C=O) groups is 2. The lowest BCUT2D eigenvalue weighted by Gasteiger charge is -2.17. The second kappa shape index (κ2) is 9.10. The molecule has 0 unspecified atom stereocenters. The number of H-pyrrole nitrogens is 1. The van der Waals surface area contributed by atoms with Crippen molar-refractivity contribution in [3.8, 4) is 11.3 Å². The van der Waals surface area contributed by atoms with Crippen molar-refractivity contribution in [2.45, 2.75) is 25.9 Å². The normalized spacial score (nSPS) is 11.9. The zero-order valence-electron chi connectivity index (χ0n) is 16.9. The lowest BCUT2D eigenvalue weighted by Crippen LogP contribution is -2.47. The van der Waals surface area contributed by atoms with Crippen LogP contribution >= 0.6 is 11.6 Å². The number of rotatable bonds is 7.